The van der Waals surface area contributed by atoms with Crippen LogP contribution >= 0.6 is 23.4 Å². The lowest BCUT2D eigenvalue weighted by molar-refractivity contribution is -0.122. The molecule has 2 heterocycles. The third-order valence-corrected chi connectivity index (χ3v) is 6.01. The topological polar surface area (TPSA) is 86.3 Å². The summed E-state index contributed by atoms with van der Waals surface area (Å²) in [5, 5.41) is 8.32. The lowest BCUT2D eigenvalue weighted by Gasteiger charge is -2.31. The minimum absolute atomic E-state index is 0.126. The minimum Gasteiger partial charge on any atom is -0.494 e. The minimum atomic E-state index is -0.647. The smallest absolute Gasteiger partial charge is 0.276 e. The summed E-state index contributed by atoms with van der Waals surface area (Å²) in [5.74, 6) is 0.645. The number of hydrogen-bond donors (Lipinski definition) is 2. The molecule has 2 aromatic carbocycles. The number of ether oxygens (including phenoxy) is 1. The van der Waals surface area contributed by atoms with E-state index in [1.807, 2.05) is 43.3 Å². The van der Waals surface area contributed by atoms with Gasteiger partial charge in [-0.25, -0.2) is 0 Å². The van der Waals surface area contributed by atoms with Crippen LogP contribution in [0.1, 0.15) is 12.5 Å². The standard InChI is InChI=1S/C22H22ClN5O3S/c1-2-31-18-9-7-17(8-10-18)27-11-12-28-20(21(27)30)25-26-22(28)32-14-19(29)24-13-15-3-5-16(23)6-4-15/h3-12,20,25H,2,13-14H2,1H3,(H,24,29). The van der Waals surface area contributed by atoms with E-state index in [-0.39, 0.29) is 17.6 Å². The van der Waals surface area contributed by atoms with Crippen molar-refractivity contribution >= 4 is 46.0 Å². The second-order valence-corrected chi connectivity index (χ2v) is 8.34. The maximum Gasteiger partial charge on any atom is 0.276 e. The number of carbonyl (C=O) groups excluding carboxylic acids is 2. The van der Waals surface area contributed by atoms with Crippen molar-refractivity contribution in [3.05, 3.63) is 71.5 Å². The number of amides is 2. The van der Waals surface area contributed by atoms with E-state index < -0.39 is 6.17 Å². The van der Waals surface area contributed by atoms with Gasteiger partial charge in [0.15, 0.2) is 5.17 Å². The number of rotatable bonds is 7. The van der Waals surface area contributed by atoms with Gasteiger partial charge in [-0.05, 0) is 48.9 Å². The lowest BCUT2D eigenvalue weighted by Crippen LogP contribution is -2.52. The average molecular weight is 472 g/mol. The van der Waals surface area contributed by atoms with Gasteiger partial charge in [0.25, 0.3) is 5.91 Å². The maximum atomic E-state index is 13.0. The molecule has 1 atom stereocenters. The van der Waals surface area contributed by atoms with Gasteiger partial charge in [-0.2, -0.15) is 5.10 Å². The van der Waals surface area contributed by atoms with Gasteiger partial charge >= 0.3 is 0 Å². The number of nitrogens with zero attached hydrogens (tertiary/aromatic N) is 3. The quantitative estimate of drug-likeness (QED) is 0.645. The zero-order valence-electron chi connectivity index (χ0n) is 17.3. The Morgan fingerprint density at radius 2 is 1.94 bits per heavy atom. The molecule has 2 aliphatic heterocycles. The van der Waals surface area contributed by atoms with Gasteiger partial charge < -0.3 is 10.1 Å². The summed E-state index contributed by atoms with van der Waals surface area (Å²) in [4.78, 5) is 28.5. The van der Waals surface area contributed by atoms with E-state index in [9.17, 15) is 9.59 Å². The van der Waals surface area contributed by atoms with Gasteiger partial charge in [0, 0.05) is 29.7 Å². The summed E-state index contributed by atoms with van der Waals surface area (Å²) >= 11 is 7.14. The highest BCUT2D eigenvalue weighted by molar-refractivity contribution is 8.14. The van der Waals surface area contributed by atoms with Crippen LogP contribution in [0.4, 0.5) is 5.69 Å². The molecule has 0 saturated carbocycles. The predicted molar refractivity (Wildman–Crippen MR) is 126 cm³/mol. The Morgan fingerprint density at radius 3 is 2.66 bits per heavy atom. The molecule has 4 rings (SSSR count). The molecule has 2 aromatic rings. The van der Waals surface area contributed by atoms with Gasteiger partial charge in [0.05, 0.1) is 12.4 Å². The Kier molecular flexibility index (Phi) is 6.87. The molecule has 0 aliphatic carbocycles. The second kappa shape index (κ2) is 9.97. The molecule has 0 radical (unpaired) electrons. The molecule has 0 aromatic heterocycles. The van der Waals surface area contributed by atoms with Crippen molar-refractivity contribution in [2.75, 3.05) is 17.3 Å². The van der Waals surface area contributed by atoms with E-state index in [2.05, 4.69) is 15.8 Å². The fourth-order valence-corrected chi connectivity index (χ4v) is 4.11. The number of nitrogens with one attached hydrogen (secondary N) is 2. The largest absolute Gasteiger partial charge is 0.494 e. The van der Waals surface area contributed by atoms with E-state index in [1.54, 1.807) is 34.3 Å². The normalized spacial score (nSPS) is 17.0. The summed E-state index contributed by atoms with van der Waals surface area (Å²) < 4.78 is 5.45. The molecule has 1 unspecified atom stereocenters. The third kappa shape index (κ3) is 5.00. The molecular formula is C22H22ClN5O3S. The SMILES string of the molecule is CCOc1ccc(N2C=CN3C(SCC(=O)NCc4ccc(Cl)cc4)=NNC3C2=O)cc1. The van der Waals surface area contributed by atoms with Crippen LogP contribution in [0.3, 0.4) is 0 Å². The van der Waals surface area contributed by atoms with Crippen molar-refractivity contribution in [3.63, 3.8) is 0 Å². The molecule has 0 saturated heterocycles. The number of anilines is 1. The van der Waals surface area contributed by atoms with Crippen molar-refractivity contribution in [3.8, 4) is 5.75 Å². The van der Waals surface area contributed by atoms with Crippen LogP contribution in [0.2, 0.25) is 5.02 Å². The molecule has 166 valence electrons. The summed E-state index contributed by atoms with van der Waals surface area (Å²) in [6, 6.07) is 14.6. The molecule has 2 aliphatic rings. The number of benzene rings is 2. The Hall–Kier alpha value is -3.17. The van der Waals surface area contributed by atoms with Crippen LogP contribution in [0.5, 0.6) is 5.75 Å². The van der Waals surface area contributed by atoms with Gasteiger partial charge in [-0.3, -0.25) is 24.8 Å². The predicted octanol–water partition coefficient (Wildman–Crippen LogP) is 3.11. The zero-order valence-corrected chi connectivity index (χ0v) is 18.9. The molecule has 10 heteroatoms. The molecule has 0 fully saturated rings. The van der Waals surface area contributed by atoms with E-state index in [1.165, 1.54) is 11.8 Å². The first kappa shape index (κ1) is 22.0. The first-order chi connectivity index (χ1) is 15.5. The van der Waals surface area contributed by atoms with Crippen molar-refractivity contribution in [2.24, 2.45) is 5.10 Å². The van der Waals surface area contributed by atoms with E-state index in [0.717, 1.165) is 17.0 Å². The first-order valence-electron chi connectivity index (χ1n) is 10.0. The summed E-state index contributed by atoms with van der Waals surface area (Å²) in [6.45, 7) is 2.92. The van der Waals surface area contributed by atoms with Crippen LogP contribution in [-0.2, 0) is 16.1 Å². The molecule has 32 heavy (non-hydrogen) atoms. The fourth-order valence-electron chi connectivity index (χ4n) is 3.19. The molecule has 2 N–H and O–H groups in total. The Balaban J connectivity index is 1.31. The number of halogens is 1. The number of amidine groups is 1. The molecule has 8 nitrogen and oxygen atoms in total. The molecular weight excluding hydrogens is 450 g/mol. The Labute approximate surface area is 195 Å². The highest BCUT2D eigenvalue weighted by Gasteiger charge is 2.38. The molecule has 0 spiro atoms. The molecule has 2 amide bonds. The fraction of sp³-hybridized carbons (Fsp3) is 0.227. The Bertz CT molecular complexity index is 1040. The van der Waals surface area contributed by atoms with Crippen LogP contribution < -0.4 is 20.4 Å². The number of hydrogen-bond acceptors (Lipinski definition) is 7. The summed E-state index contributed by atoms with van der Waals surface area (Å²) in [7, 11) is 0. The highest BCUT2D eigenvalue weighted by atomic mass is 35.5. The van der Waals surface area contributed by atoms with Crippen LogP contribution in [0.25, 0.3) is 0 Å². The number of carbonyl (C=O) groups is 2. The van der Waals surface area contributed by atoms with Crippen molar-refractivity contribution < 1.29 is 14.3 Å². The first-order valence-corrected chi connectivity index (χ1v) is 11.4. The van der Waals surface area contributed by atoms with E-state index >= 15 is 0 Å². The number of thioether (sulfide) groups is 1. The lowest BCUT2D eigenvalue weighted by atomic mass is 10.2. The van der Waals surface area contributed by atoms with Crippen molar-refractivity contribution in [1.29, 1.82) is 0 Å². The zero-order chi connectivity index (χ0) is 22.5. The second-order valence-electron chi connectivity index (χ2n) is 6.96. The van der Waals surface area contributed by atoms with Crippen LogP contribution in [0, 0.1) is 0 Å². The summed E-state index contributed by atoms with van der Waals surface area (Å²) in [5.41, 5.74) is 4.56. The summed E-state index contributed by atoms with van der Waals surface area (Å²) in [6.07, 6.45) is 2.82. The van der Waals surface area contributed by atoms with E-state index in [0.29, 0.717) is 23.3 Å². The number of fused-ring (bicyclic) bond motifs is 1. The highest BCUT2D eigenvalue weighted by Crippen LogP contribution is 2.27. The van der Waals surface area contributed by atoms with Crippen molar-refractivity contribution in [2.45, 2.75) is 19.6 Å². The van der Waals surface area contributed by atoms with Gasteiger partial charge in [-0.15, -0.1) is 0 Å². The van der Waals surface area contributed by atoms with E-state index in [4.69, 9.17) is 16.3 Å². The monoisotopic (exact) mass is 471 g/mol. The van der Waals surface area contributed by atoms with Crippen LogP contribution in [-0.4, -0.2) is 40.4 Å². The average Bonchev–Trinajstić information content (AvgIpc) is 3.22. The van der Waals surface area contributed by atoms with Crippen molar-refractivity contribution in [1.82, 2.24) is 15.6 Å². The van der Waals surface area contributed by atoms with Gasteiger partial charge in [-0.1, -0.05) is 35.5 Å². The van der Waals surface area contributed by atoms with Gasteiger partial charge in [0.2, 0.25) is 12.1 Å². The maximum absolute atomic E-state index is 13.0. The Morgan fingerprint density at radius 1 is 1.19 bits per heavy atom. The number of hydrazone groups is 1. The van der Waals surface area contributed by atoms with Crippen LogP contribution in [0.15, 0.2) is 66.0 Å². The third-order valence-electron chi connectivity index (χ3n) is 4.79. The molecule has 0 bridgehead atoms. The van der Waals surface area contributed by atoms with Gasteiger partial charge in [0.1, 0.15) is 5.75 Å².